The summed E-state index contributed by atoms with van der Waals surface area (Å²) in [6.45, 7) is 1.74. The minimum atomic E-state index is -0.404. The lowest BCUT2D eigenvalue weighted by molar-refractivity contribution is -0.131. The van der Waals surface area contributed by atoms with Crippen LogP contribution < -0.4 is 0 Å². The lowest BCUT2D eigenvalue weighted by Crippen LogP contribution is -2.45. The Bertz CT molecular complexity index is 782. The molecule has 0 radical (unpaired) electrons. The number of halogens is 1. The van der Waals surface area contributed by atoms with Crippen molar-refractivity contribution >= 4 is 17.7 Å². The van der Waals surface area contributed by atoms with E-state index < -0.39 is 5.82 Å². The Balaban J connectivity index is 1.33. The zero-order valence-electron chi connectivity index (χ0n) is 14.6. The van der Waals surface area contributed by atoms with E-state index in [9.17, 15) is 9.18 Å². The number of fused-ring (bicyclic) bond motifs is 1. The Morgan fingerprint density at radius 2 is 2.00 bits per heavy atom. The molecule has 138 valence electrons. The van der Waals surface area contributed by atoms with Gasteiger partial charge in [-0.3, -0.25) is 4.79 Å². The van der Waals surface area contributed by atoms with Crippen LogP contribution in [0.1, 0.15) is 32.1 Å². The monoisotopic (exact) mass is 375 g/mol. The van der Waals surface area contributed by atoms with Gasteiger partial charge in [0.2, 0.25) is 5.91 Å². The molecule has 2 atom stereocenters. The molecule has 0 unspecified atom stereocenters. The fourth-order valence-corrected chi connectivity index (χ4v) is 4.72. The molecule has 2 heterocycles. The van der Waals surface area contributed by atoms with Gasteiger partial charge in [-0.2, -0.15) is 0 Å². The summed E-state index contributed by atoms with van der Waals surface area (Å²) in [5.41, 5.74) is 0.276. The molecule has 1 saturated heterocycles. The molecule has 1 aliphatic heterocycles. The second-order valence-electron chi connectivity index (χ2n) is 7.07. The molecule has 1 aromatic heterocycles. The molecule has 2 aliphatic rings. The molecule has 1 aromatic carbocycles. The number of nitrogens with zero attached hydrogens (tertiary/aromatic N) is 3. The van der Waals surface area contributed by atoms with Crippen molar-refractivity contribution < 1.29 is 13.6 Å². The Labute approximate surface area is 156 Å². The maximum atomic E-state index is 13.8. The van der Waals surface area contributed by atoms with Gasteiger partial charge in [0.05, 0.1) is 11.3 Å². The number of aromatic nitrogens is 2. The Kier molecular flexibility index (Phi) is 5.24. The van der Waals surface area contributed by atoms with Crippen LogP contribution in [0, 0.1) is 17.7 Å². The number of benzene rings is 1. The molecule has 2 aromatic rings. The lowest BCUT2D eigenvalue weighted by Gasteiger charge is -2.41. The van der Waals surface area contributed by atoms with E-state index >= 15 is 0 Å². The van der Waals surface area contributed by atoms with Crippen LogP contribution in [0.3, 0.4) is 0 Å². The van der Waals surface area contributed by atoms with Gasteiger partial charge in [0, 0.05) is 13.1 Å². The number of amides is 1. The van der Waals surface area contributed by atoms with E-state index in [0.717, 1.165) is 25.4 Å². The Hall–Kier alpha value is -1.89. The smallest absolute Gasteiger partial charge is 0.277 e. The molecule has 1 amide bonds. The highest BCUT2D eigenvalue weighted by molar-refractivity contribution is 7.99. The third kappa shape index (κ3) is 3.77. The summed E-state index contributed by atoms with van der Waals surface area (Å²) >= 11 is 1.22. The second-order valence-corrected chi connectivity index (χ2v) is 8.00. The van der Waals surface area contributed by atoms with Gasteiger partial charge in [0.25, 0.3) is 11.1 Å². The van der Waals surface area contributed by atoms with Crippen LogP contribution in [0.25, 0.3) is 11.5 Å². The first-order chi connectivity index (χ1) is 12.7. The zero-order chi connectivity index (χ0) is 17.9. The van der Waals surface area contributed by atoms with Crippen LogP contribution in [0.2, 0.25) is 0 Å². The fourth-order valence-electron chi connectivity index (χ4n) is 4.05. The molecular formula is C19H22FN3O2S. The first-order valence-electron chi connectivity index (χ1n) is 9.19. The number of carbonyl (C=O) groups excluding carboxylic acids is 1. The van der Waals surface area contributed by atoms with Gasteiger partial charge in [0.1, 0.15) is 5.82 Å². The van der Waals surface area contributed by atoms with Crippen molar-refractivity contribution in [1.29, 1.82) is 0 Å². The molecule has 2 fully saturated rings. The highest BCUT2D eigenvalue weighted by atomic mass is 32.2. The molecule has 0 bridgehead atoms. The molecule has 1 aliphatic carbocycles. The number of carbonyl (C=O) groups is 1. The predicted octanol–water partition coefficient (Wildman–Crippen LogP) is 4.01. The Morgan fingerprint density at radius 1 is 1.19 bits per heavy atom. The van der Waals surface area contributed by atoms with Crippen LogP contribution in [0.4, 0.5) is 4.39 Å². The summed E-state index contributed by atoms with van der Waals surface area (Å²) in [7, 11) is 0. The molecular weight excluding hydrogens is 353 g/mol. The molecule has 26 heavy (non-hydrogen) atoms. The van der Waals surface area contributed by atoms with E-state index in [0.29, 0.717) is 11.1 Å². The van der Waals surface area contributed by atoms with Crippen LogP contribution in [-0.2, 0) is 4.79 Å². The number of likely N-dealkylation sites (tertiary alicyclic amines) is 1. The molecule has 0 spiro atoms. The van der Waals surface area contributed by atoms with Gasteiger partial charge in [-0.1, -0.05) is 43.2 Å². The molecule has 5 nitrogen and oxygen atoms in total. The van der Waals surface area contributed by atoms with Crippen molar-refractivity contribution in [1.82, 2.24) is 15.1 Å². The molecule has 7 heteroatoms. The average molecular weight is 375 g/mol. The van der Waals surface area contributed by atoms with Crippen LogP contribution in [0.15, 0.2) is 33.9 Å². The first-order valence-corrected chi connectivity index (χ1v) is 10.2. The van der Waals surface area contributed by atoms with E-state index in [1.807, 2.05) is 4.90 Å². The maximum Gasteiger partial charge on any atom is 0.277 e. The first kappa shape index (κ1) is 17.5. The number of hydrogen-bond donors (Lipinski definition) is 0. The quantitative estimate of drug-likeness (QED) is 0.756. The number of thioether (sulfide) groups is 1. The van der Waals surface area contributed by atoms with Gasteiger partial charge in [-0.25, -0.2) is 4.39 Å². The van der Waals surface area contributed by atoms with Gasteiger partial charge in [0.15, 0.2) is 0 Å². The van der Waals surface area contributed by atoms with Crippen molar-refractivity contribution in [3.63, 3.8) is 0 Å². The summed E-state index contributed by atoms with van der Waals surface area (Å²) < 4.78 is 19.3. The van der Waals surface area contributed by atoms with Gasteiger partial charge < -0.3 is 9.32 Å². The van der Waals surface area contributed by atoms with Crippen molar-refractivity contribution in [2.45, 2.75) is 37.3 Å². The SMILES string of the molecule is O=C(CSc1nnc(-c2ccccc2F)o1)N1CC[C@@H]2CCCC[C@@H]2C1. The predicted molar refractivity (Wildman–Crippen MR) is 97.1 cm³/mol. The molecule has 0 N–H and O–H groups in total. The van der Waals surface area contributed by atoms with E-state index in [1.54, 1.807) is 18.2 Å². The summed E-state index contributed by atoms with van der Waals surface area (Å²) in [4.78, 5) is 14.5. The van der Waals surface area contributed by atoms with E-state index in [2.05, 4.69) is 10.2 Å². The van der Waals surface area contributed by atoms with Crippen LogP contribution >= 0.6 is 11.8 Å². The Morgan fingerprint density at radius 3 is 2.85 bits per heavy atom. The van der Waals surface area contributed by atoms with Crippen LogP contribution in [-0.4, -0.2) is 39.8 Å². The summed E-state index contributed by atoms with van der Waals surface area (Å²) in [5.74, 6) is 1.60. The summed E-state index contributed by atoms with van der Waals surface area (Å²) in [6, 6.07) is 6.27. The summed E-state index contributed by atoms with van der Waals surface area (Å²) in [5, 5.41) is 8.11. The highest BCUT2D eigenvalue weighted by Gasteiger charge is 2.32. The van der Waals surface area contributed by atoms with Crippen LogP contribution in [0.5, 0.6) is 0 Å². The standard InChI is InChI=1S/C19H22FN3O2S/c20-16-8-4-3-7-15(16)18-21-22-19(25-18)26-12-17(24)23-10-9-13-5-1-2-6-14(13)11-23/h3-4,7-8,13-14H,1-2,5-6,9-12H2/t13-,14+/m0/s1. The third-order valence-corrected chi connectivity index (χ3v) is 6.28. The van der Waals surface area contributed by atoms with E-state index in [4.69, 9.17) is 4.42 Å². The van der Waals surface area contributed by atoms with Crippen molar-refractivity contribution in [2.24, 2.45) is 11.8 Å². The fraction of sp³-hybridized carbons (Fsp3) is 0.526. The minimum absolute atomic E-state index is 0.115. The van der Waals surface area contributed by atoms with Crippen molar-refractivity contribution in [3.05, 3.63) is 30.1 Å². The average Bonchev–Trinajstić information content (AvgIpc) is 3.15. The highest BCUT2D eigenvalue weighted by Crippen LogP contribution is 2.36. The number of rotatable bonds is 4. The van der Waals surface area contributed by atoms with Gasteiger partial charge in [-0.15, -0.1) is 10.2 Å². The van der Waals surface area contributed by atoms with Gasteiger partial charge in [-0.05, 0) is 36.8 Å². The summed E-state index contributed by atoms with van der Waals surface area (Å²) in [6.07, 6.45) is 6.32. The number of piperidine rings is 1. The maximum absolute atomic E-state index is 13.8. The van der Waals surface area contributed by atoms with Crippen molar-refractivity contribution in [3.8, 4) is 11.5 Å². The van der Waals surface area contributed by atoms with E-state index in [1.165, 1.54) is 43.5 Å². The minimum Gasteiger partial charge on any atom is -0.411 e. The second kappa shape index (κ2) is 7.78. The van der Waals surface area contributed by atoms with E-state index in [-0.39, 0.29) is 23.1 Å². The topological polar surface area (TPSA) is 59.2 Å². The largest absolute Gasteiger partial charge is 0.411 e. The third-order valence-electron chi connectivity index (χ3n) is 5.47. The zero-order valence-corrected chi connectivity index (χ0v) is 15.4. The normalized spacial score (nSPS) is 22.9. The number of hydrogen-bond acceptors (Lipinski definition) is 5. The molecule has 4 rings (SSSR count). The molecule has 1 saturated carbocycles. The van der Waals surface area contributed by atoms with Crippen molar-refractivity contribution in [2.75, 3.05) is 18.8 Å². The van der Waals surface area contributed by atoms with Gasteiger partial charge >= 0.3 is 0 Å². The lowest BCUT2D eigenvalue weighted by atomic mass is 9.75.